The zero-order valence-corrected chi connectivity index (χ0v) is 16.0. The van der Waals surface area contributed by atoms with Crippen LogP contribution in [0, 0.1) is 6.92 Å². The Morgan fingerprint density at radius 2 is 1.89 bits per heavy atom. The number of hydrogen-bond donors (Lipinski definition) is 1. The van der Waals surface area contributed by atoms with Gasteiger partial charge < -0.3 is 14.2 Å². The number of carbonyl (C=O) groups is 1. The summed E-state index contributed by atoms with van der Waals surface area (Å²) in [5.41, 5.74) is 1.55. The minimum atomic E-state index is -0.307. The molecule has 1 heterocycles. The molecule has 0 fully saturated rings. The molecule has 0 aliphatic carbocycles. The van der Waals surface area contributed by atoms with Gasteiger partial charge in [0.2, 0.25) is 5.13 Å². The first-order valence-corrected chi connectivity index (χ1v) is 8.96. The van der Waals surface area contributed by atoms with E-state index >= 15 is 0 Å². The molecular formula is C19H19N3O4S. The van der Waals surface area contributed by atoms with Crippen molar-refractivity contribution in [2.45, 2.75) is 13.5 Å². The maximum atomic E-state index is 12.4. The summed E-state index contributed by atoms with van der Waals surface area (Å²) in [4.78, 5) is 12.4. The lowest BCUT2D eigenvalue weighted by molar-refractivity contribution is 0.102. The molecule has 0 saturated heterocycles. The molecule has 0 aliphatic heterocycles. The third kappa shape index (κ3) is 4.73. The molecule has 0 atom stereocenters. The average molecular weight is 385 g/mol. The number of hydrogen-bond acceptors (Lipinski definition) is 7. The molecule has 0 aliphatic rings. The van der Waals surface area contributed by atoms with Gasteiger partial charge in [0.25, 0.3) is 5.91 Å². The fraction of sp³-hybridized carbons (Fsp3) is 0.211. The van der Waals surface area contributed by atoms with Crippen molar-refractivity contribution in [3.63, 3.8) is 0 Å². The van der Waals surface area contributed by atoms with Crippen LogP contribution in [0.15, 0.2) is 42.5 Å². The molecule has 0 unspecified atom stereocenters. The summed E-state index contributed by atoms with van der Waals surface area (Å²) < 4.78 is 16.1. The van der Waals surface area contributed by atoms with Crippen LogP contribution in [0.1, 0.15) is 20.9 Å². The Labute approximate surface area is 160 Å². The highest BCUT2D eigenvalue weighted by atomic mass is 32.1. The van der Waals surface area contributed by atoms with Gasteiger partial charge in [-0.1, -0.05) is 23.5 Å². The highest BCUT2D eigenvalue weighted by Crippen LogP contribution is 2.28. The molecule has 3 rings (SSSR count). The number of rotatable bonds is 7. The van der Waals surface area contributed by atoms with E-state index in [2.05, 4.69) is 15.5 Å². The van der Waals surface area contributed by atoms with Crippen molar-refractivity contribution in [2.24, 2.45) is 0 Å². The Balaban J connectivity index is 1.62. The number of methoxy groups -OCH3 is 2. The first-order valence-electron chi connectivity index (χ1n) is 8.14. The monoisotopic (exact) mass is 385 g/mol. The third-order valence-corrected chi connectivity index (χ3v) is 4.50. The number of aryl methyl sites for hydroxylation is 1. The number of nitrogens with zero attached hydrogens (tertiary/aromatic N) is 2. The number of ether oxygens (including phenoxy) is 3. The molecule has 140 valence electrons. The van der Waals surface area contributed by atoms with E-state index in [0.29, 0.717) is 27.2 Å². The molecule has 27 heavy (non-hydrogen) atoms. The van der Waals surface area contributed by atoms with Gasteiger partial charge >= 0.3 is 0 Å². The Morgan fingerprint density at radius 3 is 2.63 bits per heavy atom. The fourth-order valence-electron chi connectivity index (χ4n) is 2.36. The second-order valence-electron chi connectivity index (χ2n) is 5.63. The van der Waals surface area contributed by atoms with Crippen molar-refractivity contribution in [3.05, 3.63) is 58.6 Å². The van der Waals surface area contributed by atoms with Gasteiger partial charge in [0.05, 0.1) is 14.2 Å². The van der Waals surface area contributed by atoms with Crippen LogP contribution in [0.4, 0.5) is 5.13 Å². The van der Waals surface area contributed by atoms with E-state index in [1.54, 1.807) is 25.3 Å². The molecule has 1 N–H and O–H groups in total. The van der Waals surface area contributed by atoms with Crippen LogP contribution in [0.2, 0.25) is 0 Å². The van der Waals surface area contributed by atoms with Crippen LogP contribution in [-0.4, -0.2) is 30.3 Å². The van der Waals surface area contributed by atoms with E-state index in [9.17, 15) is 4.79 Å². The topological polar surface area (TPSA) is 82.6 Å². The second-order valence-corrected chi connectivity index (χ2v) is 6.69. The standard InChI is InChI=1S/C19H19N3O4S/c1-12-5-4-6-14(9-12)26-11-17-21-22-19(27-17)20-18(23)13-7-8-15(24-2)16(10-13)25-3/h4-10H,11H2,1-3H3,(H,20,22,23). The molecule has 3 aromatic rings. The minimum Gasteiger partial charge on any atom is -0.493 e. The van der Waals surface area contributed by atoms with E-state index in [-0.39, 0.29) is 12.5 Å². The molecule has 7 nitrogen and oxygen atoms in total. The van der Waals surface area contributed by atoms with Crippen molar-refractivity contribution in [1.82, 2.24) is 10.2 Å². The third-order valence-electron chi connectivity index (χ3n) is 3.68. The van der Waals surface area contributed by atoms with Gasteiger partial charge in [-0.15, -0.1) is 10.2 Å². The maximum absolute atomic E-state index is 12.4. The Bertz CT molecular complexity index is 942. The van der Waals surface area contributed by atoms with Gasteiger partial charge in [0, 0.05) is 5.56 Å². The SMILES string of the molecule is COc1ccc(C(=O)Nc2nnc(COc3cccc(C)c3)s2)cc1OC. The van der Waals surface area contributed by atoms with Gasteiger partial charge in [0.15, 0.2) is 16.5 Å². The molecule has 8 heteroatoms. The Morgan fingerprint density at radius 1 is 1.07 bits per heavy atom. The van der Waals surface area contributed by atoms with Gasteiger partial charge in [-0.05, 0) is 42.8 Å². The van der Waals surface area contributed by atoms with Crippen molar-refractivity contribution in [3.8, 4) is 17.2 Å². The molecule has 1 aromatic heterocycles. The highest BCUT2D eigenvalue weighted by Gasteiger charge is 2.13. The van der Waals surface area contributed by atoms with Crippen molar-refractivity contribution < 1.29 is 19.0 Å². The van der Waals surface area contributed by atoms with Crippen LogP contribution in [-0.2, 0) is 6.61 Å². The largest absolute Gasteiger partial charge is 0.493 e. The molecular weight excluding hydrogens is 366 g/mol. The molecule has 2 aromatic carbocycles. The average Bonchev–Trinajstić information content (AvgIpc) is 3.13. The van der Waals surface area contributed by atoms with Crippen molar-refractivity contribution >= 4 is 22.4 Å². The smallest absolute Gasteiger partial charge is 0.257 e. The summed E-state index contributed by atoms with van der Waals surface area (Å²) in [6, 6.07) is 12.7. The predicted octanol–water partition coefficient (Wildman–Crippen LogP) is 3.70. The first-order chi connectivity index (χ1) is 13.1. The van der Waals surface area contributed by atoms with Gasteiger partial charge in [-0.2, -0.15) is 0 Å². The minimum absolute atomic E-state index is 0.285. The zero-order chi connectivity index (χ0) is 19.2. The van der Waals surface area contributed by atoms with Crippen molar-refractivity contribution in [2.75, 3.05) is 19.5 Å². The summed E-state index contributed by atoms with van der Waals surface area (Å²) in [7, 11) is 3.06. The van der Waals surface area contributed by atoms with E-state index in [4.69, 9.17) is 14.2 Å². The Kier molecular flexibility index (Phi) is 5.87. The Hall–Kier alpha value is -3.13. The van der Waals surface area contributed by atoms with Crippen LogP contribution >= 0.6 is 11.3 Å². The molecule has 1 amide bonds. The lowest BCUT2D eigenvalue weighted by Crippen LogP contribution is -2.12. The van der Waals surface area contributed by atoms with E-state index in [1.165, 1.54) is 18.4 Å². The maximum Gasteiger partial charge on any atom is 0.257 e. The quantitative estimate of drug-likeness (QED) is 0.668. The summed E-state index contributed by atoms with van der Waals surface area (Å²) in [6.45, 7) is 2.28. The number of amides is 1. The lowest BCUT2D eigenvalue weighted by atomic mass is 10.2. The van der Waals surface area contributed by atoms with Crippen LogP contribution < -0.4 is 19.5 Å². The van der Waals surface area contributed by atoms with E-state index < -0.39 is 0 Å². The van der Waals surface area contributed by atoms with Gasteiger partial charge in [-0.25, -0.2) is 0 Å². The second kappa shape index (κ2) is 8.50. The van der Waals surface area contributed by atoms with Crippen LogP contribution in [0.25, 0.3) is 0 Å². The van der Waals surface area contributed by atoms with E-state index in [1.807, 2.05) is 31.2 Å². The first kappa shape index (κ1) is 18.7. The fourth-order valence-corrected chi connectivity index (χ4v) is 3.01. The molecule has 0 saturated carbocycles. The number of nitrogens with one attached hydrogen (secondary N) is 1. The van der Waals surface area contributed by atoms with E-state index in [0.717, 1.165) is 11.3 Å². The summed E-state index contributed by atoms with van der Waals surface area (Å²) >= 11 is 1.26. The number of carbonyl (C=O) groups excluding carboxylic acids is 1. The highest BCUT2D eigenvalue weighted by molar-refractivity contribution is 7.15. The molecule has 0 spiro atoms. The summed E-state index contributed by atoms with van der Waals surface area (Å²) in [5.74, 6) is 1.49. The van der Waals surface area contributed by atoms with Gasteiger partial charge in [0.1, 0.15) is 12.4 Å². The number of benzene rings is 2. The van der Waals surface area contributed by atoms with Crippen LogP contribution in [0.5, 0.6) is 17.2 Å². The summed E-state index contributed by atoms with van der Waals surface area (Å²) in [5, 5.41) is 11.8. The zero-order valence-electron chi connectivity index (χ0n) is 15.2. The molecule has 0 radical (unpaired) electrons. The van der Waals surface area contributed by atoms with Crippen molar-refractivity contribution in [1.29, 1.82) is 0 Å². The number of aromatic nitrogens is 2. The normalized spacial score (nSPS) is 10.3. The van der Waals surface area contributed by atoms with Gasteiger partial charge in [-0.3, -0.25) is 10.1 Å². The van der Waals surface area contributed by atoms with Crippen LogP contribution in [0.3, 0.4) is 0 Å². The summed E-state index contributed by atoms with van der Waals surface area (Å²) in [6.07, 6.45) is 0. The number of anilines is 1. The predicted molar refractivity (Wildman–Crippen MR) is 103 cm³/mol. The molecule has 0 bridgehead atoms. The lowest BCUT2D eigenvalue weighted by Gasteiger charge is -2.09.